The molecule has 0 aromatic heterocycles. The predicted molar refractivity (Wildman–Crippen MR) is 108 cm³/mol. The van der Waals surface area contributed by atoms with Crippen LogP contribution in [0.4, 0.5) is 17.6 Å². The van der Waals surface area contributed by atoms with E-state index >= 15 is 0 Å². The van der Waals surface area contributed by atoms with Crippen molar-refractivity contribution in [3.8, 4) is 11.5 Å². The summed E-state index contributed by atoms with van der Waals surface area (Å²) < 4.78 is 59.3. The number of aromatic hydroxyl groups is 1. The van der Waals surface area contributed by atoms with Crippen LogP contribution >= 0.6 is 11.8 Å². The molecule has 1 atom stereocenters. The number of ketones is 1. The van der Waals surface area contributed by atoms with Gasteiger partial charge in [-0.05, 0) is 50.5 Å². The van der Waals surface area contributed by atoms with Gasteiger partial charge in [0.15, 0.2) is 23.3 Å². The Kier molecular flexibility index (Phi) is 8.58. The van der Waals surface area contributed by atoms with Crippen LogP contribution in [0, 0.1) is 36.1 Å². The van der Waals surface area contributed by atoms with Crippen LogP contribution in [0.2, 0.25) is 0 Å². The predicted octanol–water partition coefficient (Wildman–Crippen LogP) is 5.98. The molecule has 2 rings (SSSR count). The number of phenolic OH excluding ortho intramolecular Hbond substituents is 1. The lowest BCUT2D eigenvalue weighted by atomic mass is 9.95. The zero-order valence-electron chi connectivity index (χ0n) is 17.0. The molecule has 0 spiro atoms. The number of phenols is 1. The quantitative estimate of drug-likeness (QED) is 0.212. The van der Waals surface area contributed by atoms with Crippen LogP contribution in [-0.2, 0) is 11.2 Å². The van der Waals surface area contributed by atoms with Gasteiger partial charge in [0.2, 0.25) is 0 Å². The summed E-state index contributed by atoms with van der Waals surface area (Å²) >= 11 is 0.711. The van der Waals surface area contributed by atoms with E-state index in [9.17, 15) is 27.5 Å². The smallest absolute Gasteiger partial charge is 0.175 e. The maximum absolute atomic E-state index is 13.6. The molecule has 0 aliphatic carbocycles. The number of carbonyl (C=O) groups is 1. The molecule has 0 bridgehead atoms. The average molecular weight is 444 g/mol. The number of hydrogen-bond donors (Lipinski definition) is 1. The van der Waals surface area contributed by atoms with Crippen molar-refractivity contribution in [2.24, 2.45) is 5.92 Å². The first kappa shape index (κ1) is 24.1. The molecular formula is C22H24F4O3S. The van der Waals surface area contributed by atoms with Gasteiger partial charge >= 0.3 is 0 Å². The minimum absolute atomic E-state index is 0.0472. The van der Waals surface area contributed by atoms with Gasteiger partial charge in [-0.3, -0.25) is 4.79 Å². The number of rotatable bonds is 10. The van der Waals surface area contributed by atoms with E-state index in [-0.39, 0.29) is 29.3 Å². The first-order valence-corrected chi connectivity index (χ1v) is 10.5. The Morgan fingerprint density at radius 3 is 2.37 bits per heavy atom. The Balaban J connectivity index is 1.84. The van der Waals surface area contributed by atoms with E-state index in [1.807, 2.05) is 0 Å². The van der Waals surface area contributed by atoms with Gasteiger partial charge < -0.3 is 9.84 Å². The van der Waals surface area contributed by atoms with Crippen molar-refractivity contribution in [2.75, 3.05) is 12.4 Å². The van der Waals surface area contributed by atoms with Crippen LogP contribution in [0.15, 0.2) is 23.1 Å². The number of halogens is 4. The molecule has 164 valence electrons. The van der Waals surface area contributed by atoms with Crippen LogP contribution < -0.4 is 4.74 Å². The Hall–Kier alpha value is -2.22. The van der Waals surface area contributed by atoms with Gasteiger partial charge in [-0.25, -0.2) is 17.6 Å². The summed E-state index contributed by atoms with van der Waals surface area (Å²) in [5.74, 6) is -4.91. The van der Waals surface area contributed by atoms with Crippen molar-refractivity contribution >= 4 is 17.5 Å². The van der Waals surface area contributed by atoms with Crippen LogP contribution in [0.25, 0.3) is 0 Å². The molecule has 3 nitrogen and oxygen atoms in total. The second-order valence-corrected chi connectivity index (χ2v) is 8.22. The highest BCUT2D eigenvalue weighted by Crippen LogP contribution is 2.32. The maximum atomic E-state index is 13.6. The number of thioether (sulfide) groups is 1. The van der Waals surface area contributed by atoms with E-state index in [1.54, 1.807) is 26.0 Å². The monoisotopic (exact) mass is 444 g/mol. The molecule has 8 heteroatoms. The van der Waals surface area contributed by atoms with E-state index in [4.69, 9.17) is 4.74 Å². The van der Waals surface area contributed by atoms with Crippen molar-refractivity contribution in [1.82, 2.24) is 0 Å². The Morgan fingerprint density at radius 2 is 1.77 bits per heavy atom. The normalized spacial score (nSPS) is 12.1. The van der Waals surface area contributed by atoms with E-state index < -0.39 is 28.2 Å². The van der Waals surface area contributed by atoms with Gasteiger partial charge in [-0.15, -0.1) is 11.8 Å². The highest BCUT2D eigenvalue weighted by molar-refractivity contribution is 7.99. The second kappa shape index (κ2) is 10.7. The van der Waals surface area contributed by atoms with Crippen molar-refractivity contribution in [3.05, 3.63) is 52.6 Å². The number of carbonyl (C=O) groups excluding carboxylic acids is 1. The van der Waals surface area contributed by atoms with Gasteiger partial charge in [0, 0.05) is 17.5 Å². The highest BCUT2D eigenvalue weighted by Gasteiger charge is 2.19. The summed E-state index contributed by atoms with van der Waals surface area (Å²) in [5, 5.41) is 10.3. The number of ether oxygens (including phenoxy) is 1. The second-order valence-electron chi connectivity index (χ2n) is 7.11. The van der Waals surface area contributed by atoms with Crippen molar-refractivity contribution < 1.29 is 32.2 Å². The van der Waals surface area contributed by atoms with Gasteiger partial charge in [0.1, 0.15) is 17.3 Å². The van der Waals surface area contributed by atoms with E-state index in [0.29, 0.717) is 54.5 Å². The molecule has 0 heterocycles. The maximum Gasteiger partial charge on any atom is 0.175 e. The van der Waals surface area contributed by atoms with E-state index in [1.165, 1.54) is 6.92 Å². The minimum atomic E-state index is -1.42. The van der Waals surface area contributed by atoms with Gasteiger partial charge in [0.05, 0.1) is 11.5 Å². The molecule has 2 aromatic rings. The van der Waals surface area contributed by atoms with Crippen molar-refractivity contribution in [3.63, 3.8) is 0 Å². The topological polar surface area (TPSA) is 46.5 Å². The molecule has 0 fully saturated rings. The largest absolute Gasteiger partial charge is 0.507 e. The molecule has 0 saturated heterocycles. The fraction of sp³-hybridized carbons (Fsp3) is 0.409. The van der Waals surface area contributed by atoms with E-state index in [0.717, 1.165) is 0 Å². The van der Waals surface area contributed by atoms with Crippen LogP contribution in [-0.4, -0.2) is 23.2 Å². The molecule has 30 heavy (non-hydrogen) atoms. The minimum Gasteiger partial charge on any atom is -0.507 e. The number of hydrogen-bond acceptors (Lipinski definition) is 4. The zero-order valence-corrected chi connectivity index (χ0v) is 17.8. The average Bonchev–Trinajstić information content (AvgIpc) is 2.70. The summed E-state index contributed by atoms with van der Waals surface area (Å²) in [6, 6.07) is 3.63. The third-order valence-corrected chi connectivity index (χ3v) is 5.94. The van der Waals surface area contributed by atoms with Gasteiger partial charge in [-0.2, -0.15) is 0 Å². The summed E-state index contributed by atoms with van der Waals surface area (Å²) in [6.45, 7) is 5.33. The summed E-state index contributed by atoms with van der Waals surface area (Å²) in [5.41, 5.74) is 1.24. The van der Waals surface area contributed by atoms with Crippen molar-refractivity contribution in [2.45, 2.75) is 44.9 Å². The molecule has 0 amide bonds. The van der Waals surface area contributed by atoms with Gasteiger partial charge in [0.25, 0.3) is 0 Å². The third-order valence-electron chi connectivity index (χ3n) is 4.80. The fourth-order valence-corrected chi connectivity index (χ4v) is 3.77. The van der Waals surface area contributed by atoms with Crippen LogP contribution in [0.1, 0.15) is 37.8 Å². The molecule has 0 aliphatic heterocycles. The number of Topliss-reactive ketones (excluding diaryl/α,β-unsaturated/α-hetero) is 1. The molecule has 0 saturated carbocycles. The molecule has 2 aromatic carbocycles. The Morgan fingerprint density at radius 1 is 1.13 bits per heavy atom. The Labute approximate surface area is 177 Å². The summed E-state index contributed by atoms with van der Waals surface area (Å²) in [6.07, 6.45) is 1.48. The van der Waals surface area contributed by atoms with Gasteiger partial charge in [-0.1, -0.05) is 13.0 Å². The van der Waals surface area contributed by atoms with Crippen LogP contribution in [0.5, 0.6) is 11.5 Å². The van der Waals surface area contributed by atoms with Crippen molar-refractivity contribution in [1.29, 1.82) is 0 Å². The Bertz CT molecular complexity index is 892. The number of unbranched alkanes of at least 4 members (excludes halogenated alkanes) is 1. The molecular weight excluding hydrogens is 420 g/mol. The lowest BCUT2D eigenvalue weighted by Gasteiger charge is -2.15. The molecule has 1 unspecified atom stereocenters. The van der Waals surface area contributed by atoms with E-state index in [2.05, 4.69) is 0 Å². The first-order valence-electron chi connectivity index (χ1n) is 9.54. The molecule has 0 radical (unpaired) electrons. The van der Waals surface area contributed by atoms with Crippen LogP contribution in [0.3, 0.4) is 0 Å². The summed E-state index contributed by atoms with van der Waals surface area (Å²) in [4.78, 5) is 10.8. The highest BCUT2D eigenvalue weighted by atomic mass is 32.2. The zero-order chi connectivity index (χ0) is 22.4. The molecule has 0 aliphatic rings. The fourth-order valence-electron chi connectivity index (χ4n) is 2.77. The third kappa shape index (κ3) is 5.90. The number of benzene rings is 2. The lowest BCUT2D eigenvalue weighted by molar-refractivity contribution is -0.120. The SMILES string of the molecule is CC(=O)C(C)Cc1ccc(OCCCCSc2c(F)c(F)cc(F)c2F)c(C)c1O. The summed E-state index contributed by atoms with van der Waals surface area (Å²) in [7, 11) is 0. The lowest BCUT2D eigenvalue weighted by Crippen LogP contribution is -2.10. The first-order chi connectivity index (χ1) is 14.1. The molecule has 1 N–H and O–H groups in total. The standard InChI is InChI=1S/C22H24F4O3S/c1-12(14(3)27)10-15-6-7-18(13(2)21(15)28)29-8-4-5-9-30-22-19(25)16(23)11-17(24)20(22)26/h6-7,11-12,28H,4-5,8-10H2,1-3H3.